The Labute approximate surface area is 249 Å². The average Bonchev–Trinajstić information content (AvgIpc) is 3.50. The van der Waals surface area contributed by atoms with Crippen LogP contribution in [0.25, 0.3) is 0 Å². The SMILES string of the molecule is CCOc1ccc(N(CC(=O)N(Cc2cccc(C)c2)C(CC)C(=O)NC2CCCC2)S(=O)(=O)c2ccccc2)cc1. The Bertz CT molecular complexity index is 1440. The summed E-state index contributed by atoms with van der Waals surface area (Å²) in [5.74, 6) is -0.0670. The quantitative estimate of drug-likeness (QED) is 0.285. The van der Waals surface area contributed by atoms with Gasteiger partial charge in [0.2, 0.25) is 11.8 Å². The van der Waals surface area contributed by atoms with E-state index < -0.39 is 28.5 Å². The molecule has 0 saturated heterocycles. The van der Waals surface area contributed by atoms with E-state index in [1.54, 1.807) is 42.5 Å². The van der Waals surface area contributed by atoms with Crippen LogP contribution in [0, 0.1) is 6.92 Å². The lowest BCUT2D eigenvalue weighted by atomic mass is 10.1. The topological polar surface area (TPSA) is 96.0 Å². The second-order valence-corrected chi connectivity index (χ2v) is 12.5. The number of carbonyl (C=O) groups is 2. The first-order chi connectivity index (χ1) is 20.2. The number of carbonyl (C=O) groups excluding carboxylic acids is 2. The van der Waals surface area contributed by atoms with E-state index in [1.165, 1.54) is 17.0 Å². The number of benzene rings is 3. The number of hydrogen-bond acceptors (Lipinski definition) is 5. The molecule has 0 aromatic heterocycles. The number of nitrogens with zero attached hydrogens (tertiary/aromatic N) is 2. The highest BCUT2D eigenvalue weighted by atomic mass is 32.2. The second kappa shape index (κ2) is 14.4. The smallest absolute Gasteiger partial charge is 0.264 e. The summed E-state index contributed by atoms with van der Waals surface area (Å²) in [6, 6.07) is 21.8. The zero-order chi connectivity index (χ0) is 30.1. The Morgan fingerprint density at radius 2 is 1.64 bits per heavy atom. The number of sulfonamides is 1. The Kier molecular flexibility index (Phi) is 10.6. The first-order valence-electron chi connectivity index (χ1n) is 14.7. The summed E-state index contributed by atoms with van der Waals surface area (Å²) in [6.07, 6.45) is 4.39. The molecule has 0 aliphatic heterocycles. The molecule has 0 spiro atoms. The van der Waals surface area contributed by atoms with Crippen LogP contribution in [0.5, 0.6) is 5.75 Å². The molecule has 42 heavy (non-hydrogen) atoms. The van der Waals surface area contributed by atoms with E-state index in [2.05, 4.69) is 5.32 Å². The molecule has 3 aromatic carbocycles. The fourth-order valence-corrected chi connectivity index (χ4v) is 6.85. The highest BCUT2D eigenvalue weighted by molar-refractivity contribution is 7.92. The molecule has 9 heteroatoms. The van der Waals surface area contributed by atoms with Crippen LogP contribution in [0.2, 0.25) is 0 Å². The summed E-state index contributed by atoms with van der Waals surface area (Å²) < 4.78 is 34.6. The molecule has 1 aliphatic rings. The minimum Gasteiger partial charge on any atom is -0.494 e. The van der Waals surface area contributed by atoms with Gasteiger partial charge in [-0.3, -0.25) is 13.9 Å². The third-order valence-electron chi connectivity index (χ3n) is 7.57. The van der Waals surface area contributed by atoms with Crippen molar-refractivity contribution < 1.29 is 22.7 Å². The van der Waals surface area contributed by atoms with Gasteiger partial charge in [-0.25, -0.2) is 8.42 Å². The first kappa shape index (κ1) is 31.1. The molecule has 1 N–H and O–H groups in total. The van der Waals surface area contributed by atoms with Gasteiger partial charge in [-0.15, -0.1) is 0 Å². The van der Waals surface area contributed by atoms with Gasteiger partial charge in [0.1, 0.15) is 18.3 Å². The van der Waals surface area contributed by atoms with Crippen molar-refractivity contribution in [2.75, 3.05) is 17.5 Å². The normalized spacial score (nSPS) is 14.3. The lowest BCUT2D eigenvalue weighted by Gasteiger charge is -2.34. The monoisotopic (exact) mass is 591 g/mol. The fraction of sp³-hybridized carbons (Fsp3) is 0.394. The number of amides is 2. The van der Waals surface area contributed by atoms with Crippen molar-refractivity contribution in [2.45, 2.75) is 76.4 Å². The number of ether oxygens (including phenoxy) is 1. The van der Waals surface area contributed by atoms with Gasteiger partial charge >= 0.3 is 0 Å². The molecular formula is C33H41N3O5S. The average molecular weight is 592 g/mol. The molecule has 8 nitrogen and oxygen atoms in total. The predicted molar refractivity (Wildman–Crippen MR) is 165 cm³/mol. The van der Waals surface area contributed by atoms with E-state index in [-0.39, 0.29) is 23.4 Å². The van der Waals surface area contributed by atoms with E-state index in [0.717, 1.165) is 41.1 Å². The molecule has 1 saturated carbocycles. The molecule has 4 rings (SSSR count). The van der Waals surface area contributed by atoms with Gasteiger partial charge < -0.3 is 15.0 Å². The van der Waals surface area contributed by atoms with Crippen molar-refractivity contribution >= 4 is 27.5 Å². The maximum absolute atomic E-state index is 14.2. The zero-order valence-corrected chi connectivity index (χ0v) is 25.5. The molecule has 0 radical (unpaired) electrons. The Balaban J connectivity index is 1.70. The zero-order valence-electron chi connectivity index (χ0n) is 24.7. The summed E-state index contributed by atoms with van der Waals surface area (Å²) in [7, 11) is -4.11. The molecule has 1 unspecified atom stereocenters. The van der Waals surface area contributed by atoms with Crippen LogP contribution < -0.4 is 14.4 Å². The number of nitrogens with one attached hydrogen (secondary N) is 1. The summed E-state index contributed by atoms with van der Waals surface area (Å²) >= 11 is 0. The van der Waals surface area contributed by atoms with E-state index >= 15 is 0 Å². The van der Waals surface area contributed by atoms with Crippen molar-refractivity contribution in [3.63, 3.8) is 0 Å². The van der Waals surface area contributed by atoms with Crippen molar-refractivity contribution in [3.05, 3.63) is 90.0 Å². The highest BCUT2D eigenvalue weighted by Gasteiger charge is 2.34. The number of rotatable bonds is 13. The fourth-order valence-electron chi connectivity index (χ4n) is 5.42. The van der Waals surface area contributed by atoms with Gasteiger partial charge in [0.05, 0.1) is 17.2 Å². The predicted octanol–water partition coefficient (Wildman–Crippen LogP) is 5.46. The van der Waals surface area contributed by atoms with E-state index in [1.807, 2.05) is 45.0 Å². The standard InChI is InChI=1S/C33H41N3O5S/c1-4-31(33(38)34-27-14-9-10-15-27)35(23-26-13-11-12-25(3)22-26)32(37)24-36(28-18-20-29(21-19-28)41-5-2)42(39,40)30-16-7-6-8-17-30/h6-8,11-13,16-22,27,31H,4-5,9-10,14-15,23-24H2,1-3H3,(H,34,38). The summed E-state index contributed by atoms with van der Waals surface area (Å²) in [4.78, 5) is 29.4. The van der Waals surface area contributed by atoms with E-state index in [4.69, 9.17) is 4.74 Å². The van der Waals surface area contributed by atoms with Gasteiger partial charge in [-0.05, 0) is 75.1 Å². The molecule has 1 aliphatic carbocycles. The largest absolute Gasteiger partial charge is 0.494 e. The number of hydrogen-bond donors (Lipinski definition) is 1. The second-order valence-electron chi connectivity index (χ2n) is 10.7. The van der Waals surface area contributed by atoms with Crippen LogP contribution >= 0.6 is 0 Å². The van der Waals surface area contributed by atoms with Crippen LogP contribution in [0.4, 0.5) is 5.69 Å². The molecule has 3 aromatic rings. The van der Waals surface area contributed by atoms with Gasteiger partial charge in [-0.2, -0.15) is 0 Å². The van der Waals surface area contributed by atoms with Crippen LogP contribution in [0.1, 0.15) is 57.1 Å². The highest BCUT2D eigenvalue weighted by Crippen LogP contribution is 2.27. The van der Waals surface area contributed by atoms with Crippen LogP contribution in [0.15, 0.2) is 83.8 Å². The Morgan fingerprint density at radius 1 is 0.952 bits per heavy atom. The molecule has 1 atom stereocenters. The van der Waals surface area contributed by atoms with Gasteiger partial charge in [-0.1, -0.05) is 67.8 Å². The van der Waals surface area contributed by atoms with Gasteiger partial charge in [0, 0.05) is 12.6 Å². The van der Waals surface area contributed by atoms with Gasteiger partial charge in [0.25, 0.3) is 10.0 Å². The molecule has 2 amide bonds. The summed E-state index contributed by atoms with van der Waals surface area (Å²) in [6.45, 7) is 5.90. The summed E-state index contributed by atoms with van der Waals surface area (Å²) in [5, 5.41) is 3.14. The third kappa shape index (κ3) is 7.70. The van der Waals surface area contributed by atoms with Crippen molar-refractivity contribution in [3.8, 4) is 5.75 Å². The van der Waals surface area contributed by atoms with Crippen LogP contribution in [0.3, 0.4) is 0 Å². The van der Waals surface area contributed by atoms with Crippen molar-refractivity contribution in [2.24, 2.45) is 0 Å². The molecule has 224 valence electrons. The summed E-state index contributed by atoms with van der Waals surface area (Å²) in [5.41, 5.74) is 2.23. The Hall–Kier alpha value is -3.85. The van der Waals surface area contributed by atoms with Crippen molar-refractivity contribution in [1.82, 2.24) is 10.2 Å². The van der Waals surface area contributed by atoms with Gasteiger partial charge in [0.15, 0.2) is 0 Å². The minimum absolute atomic E-state index is 0.0722. The lowest BCUT2D eigenvalue weighted by molar-refractivity contribution is -0.140. The molecule has 1 fully saturated rings. The molecular weight excluding hydrogens is 550 g/mol. The maximum atomic E-state index is 14.2. The van der Waals surface area contributed by atoms with Crippen molar-refractivity contribution in [1.29, 1.82) is 0 Å². The third-order valence-corrected chi connectivity index (χ3v) is 9.36. The van der Waals surface area contributed by atoms with Crippen LogP contribution in [-0.2, 0) is 26.2 Å². The maximum Gasteiger partial charge on any atom is 0.264 e. The number of anilines is 1. The van der Waals surface area contributed by atoms with E-state index in [0.29, 0.717) is 24.5 Å². The Morgan fingerprint density at radius 3 is 2.26 bits per heavy atom. The van der Waals surface area contributed by atoms with E-state index in [9.17, 15) is 18.0 Å². The van der Waals surface area contributed by atoms with Crippen LogP contribution in [-0.4, -0.2) is 50.4 Å². The minimum atomic E-state index is -4.11. The lowest BCUT2D eigenvalue weighted by Crippen LogP contribution is -2.53. The molecule has 0 heterocycles. The molecule has 0 bridgehead atoms. The number of aryl methyl sites for hydroxylation is 1. The first-order valence-corrected chi connectivity index (χ1v) is 16.1.